The summed E-state index contributed by atoms with van der Waals surface area (Å²) in [5, 5.41) is 4.21. The first-order chi connectivity index (χ1) is 14.6. The summed E-state index contributed by atoms with van der Waals surface area (Å²) >= 11 is 0. The summed E-state index contributed by atoms with van der Waals surface area (Å²) in [5.41, 5.74) is 0.508. The molecule has 0 atom stereocenters. The van der Waals surface area contributed by atoms with Crippen LogP contribution in [0.2, 0.25) is 0 Å². The van der Waals surface area contributed by atoms with Crippen LogP contribution in [0.1, 0.15) is 70.8 Å². The number of hydrogen-bond donors (Lipinski definition) is 1. The number of fused-ring (bicyclic) bond motifs is 1. The highest BCUT2D eigenvalue weighted by Crippen LogP contribution is 2.49. The predicted molar refractivity (Wildman–Crippen MR) is 112 cm³/mol. The number of halogens is 2. The average Bonchev–Trinajstić information content (AvgIpc) is 3.42. The van der Waals surface area contributed by atoms with Crippen molar-refractivity contribution < 1.29 is 18.0 Å². The van der Waals surface area contributed by atoms with Crippen molar-refractivity contribution in [1.82, 2.24) is 9.97 Å². The quantitative estimate of drug-likeness (QED) is 0.642. The van der Waals surface area contributed by atoms with Gasteiger partial charge in [0.25, 0.3) is 5.56 Å². The number of nitrogens with one attached hydrogen (secondary N) is 1. The monoisotopic (exact) mass is 435 g/mol. The Balaban J connectivity index is 1.48. The maximum atomic E-state index is 13.4. The van der Waals surface area contributed by atoms with Gasteiger partial charge in [-0.25, -0.2) is 13.6 Å². The number of aromatic nitrogens is 2. The molecular weight excluding hydrogens is 408 g/mol. The molecule has 1 N–H and O–H groups in total. The van der Waals surface area contributed by atoms with Gasteiger partial charge in [0.15, 0.2) is 0 Å². The van der Waals surface area contributed by atoms with E-state index in [1.807, 2.05) is 0 Å². The van der Waals surface area contributed by atoms with Crippen LogP contribution in [0.15, 0.2) is 25.2 Å². The van der Waals surface area contributed by atoms with Gasteiger partial charge in [0.1, 0.15) is 5.39 Å². The van der Waals surface area contributed by atoms with Crippen LogP contribution < -0.4 is 16.0 Å². The van der Waals surface area contributed by atoms with E-state index < -0.39 is 23.0 Å². The molecule has 0 spiro atoms. The third-order valence-corrected chi connectivity index (χ3v) is 6.55. The lowest BCUT2D eigenvalue weighted by Crippen LogP contribution is -2.29. The zero-order chi connectivity index (χ0) is 22.2. The highest BCUT2D eigenvalue weighted by atomic mass is 19.3. The van der Waals surface area contributed by atoms with Gasteiger partial charge in [-0.05, 0) is 75.7 Å². The van der Waals surface area contributed by atoms with Gasteiger partial charge in [-0.1, -0.05) is 12.1 Å². The van der Waals surface area contributed by atoms with E-state index in [1.54, 1.807) is 0 Å². The van der Waals surface area contributed by atoms with Crippen LogP contribution in [0, 0.1) is 11.3 Å². The number of aryl methyl sites for hydroxylation is 1. The lowest BCUT2D eigenvalue weighted by atomic mass is 9.84. The normalized spacial score (nSPS) is 20.6. The molecule has 2 aliphatic carbocycles. The maximum Gasteiger partial charge on any atom is 0.337 e. The molecular formula is C22H27F2N3O4. The minimum Gasteiger partial charge on any atom is -0.403 e. The van der Waals surface area contributed by atoms with Crippen LogP contribution in [-0.4, -0.2) is 21.6 Å². The van der Waals surface area contributed by atoms with E-state index in [-0.39, 0.29) is 17.1 Å². The molecule has 2 aromatic heterocycles. The molecule has 0 aromatic carbocycles. The second kappa shape index (κ2) is 8.16. The molecule has 2 heterocycles. The summed E-state index contributed by atoms with van der Waals surface area (Å²) in [7, 11) is 0. The minimum atomic E-state index is -2.71. The molecule has 0 amide bonds. The summed E-state index contributed by atoms with van der Waals surface area (Å²) in [6.45, 7) is 3.18. The minimum absolute atomic E-state index is 0.0894. The lowest BCUT2D eigenvalue weighted by Gasteiger charge is -2.27. The summed E-state index contributed by atoms with van der Waals surface area (Å²) < 4.78 is 32.0. The molecule has 2 aromatic rings. The second-order valence-corrected chi connectivity index (χ2v) is 9.29. The molecule has 2 fully saturated rings. The van der Waals surface area contributed by atoms with Crippen molar-refractivity contribution in [3.05, 3.63) is 32.4 Å². The molecule has 0 aliphatic heterocycles. The van der Waals surface area contributed by atoms with Crippen LogP contribution >= 0.6 is 0 Å². The van der Waals surface area contributed by atoms with Crippen molar-refractivity contribution in [3.63, 3.8) is 0 Å². The van der Waals surface area contributed by atoms with E-state index >= 15 is 0 Å². The van der Waals surface area contributed by atoms with Crippen LogP contribution in [-0.2, 0) is 6.42 Å². The highest BCUT2D eigenvalue weighted by Gasteiger charge is 2.37. The summed E-state index contributed by atoms with van der Waals surface area (Å²) in [6.07, 6.45) is 6.38. The first-order valence-electron chi connectivity index (χ1n) is 10.8. The third-order valence-electron chi connectivity index (χ3n) is 6.55. The molecule has 2 aliphatic rings. The number of oxime groups is 1. The number of H-pyrrole nitrogens is 1. The SMILES string of the molecule is CC1(CCCc2cc(=O)oc3nc(ON=C4CCC(C(C)(F)F)CC4)[nH]c(=O)c23)CC1. The van der Waals surface area contributed by atoms with E-state index in [2.05, 4.69) is 22.0 Å². The molecule has 0 radical (unpaired) electrons. The van der Waals surface area contributed by atoms with Gasteiger partial charge in [-0.3, -0.25) is 9.78 Å². The molecule has 0 unspecified atom stereocenters. The van der Waals surface area contributed by atoms with Crippen LogP contribution in [0.3, 0.4) is 0 Å². The molecule has 31 heavy (non-hydrogen) atoms. The molecule has 9 heteroatoms. The van der Waals surface area contributed by atoms with E-state index in [0.29, 0.717) is 48.8 Å². The first-order valence-corrected chi connectivity index (χ1v) is 10.8. The van der Waals surface area contributed by atoms with Crippen molar-refractivity contribution in [2.24, 2.45) is 16.5 Å². The predicted octanol–water partition coefficient (Wildman–Crippen LogP) is 4.58. The Bertz CT molecular complexity index is 1100. The Kier molecular flexibility index (Phi) is 5.70. The molecule has 4 rings (SSSR count). The van der Waals surface area contributed by atoms with Crippen molar-refractivity contribution in [2.45, 2.75) is 77.6 Å². The van der Waals surface area contributed by atoms with Gasteiger partial charge >= 0.3 is 11.6 Å². The van der Waals surface area contributed by atoms with E-state index in [1.165, 1.54) is 18.9 Å². The van der Waals surface area contributed by atoms with E-state index in [0.717, 1.165) is 19.8 Å². The Labute approximate surface area is 177 Å². The largest absolute Gasteiger partial charge is 0.403 e. The van der Waals surface area contributed by atoms with Gasteiger partial charge in [0.05, 0.1) is 5.71 Å². The number of nitrogens with zero attached hydrogens (tertiary/aromatic N) is 2. The zero-order valence-electron chi connectivity index (χ0n) is 17.8. The van der Waals surface area contributed by atoms with Crippen molar-refractivity contribution in [1.29, 1.82) is 0 Å². The Morgan fingerprint density at radius 1 is 1.32 bits per heavy atom. The van der Waals surface area contributed by atoms with Gasteiger partial charge in [0, 0.05) is 12.0 Å². The molecule has 168 valence electrons. The van der Waals surface area contributed by atoms with Crippen LogP contribution in [0.4, 0.5) is 8.78 Å². The van der Waals surface area contributed by atoms with Gasteiger partial charge in [0.2, 0.25) is 11.6 Å². The van der Waals surface area contributed by atoms with E-state index in [4.69, 9.17) is 9.25 Å². The van der Waals surface area contributed by atoms with Crippen molar-refractivity contribution >= 4 is 16.8 Å². The standard InChI is InChI=1S/C22H27F2N3O4/c1-21(10-11-21)9-3-4-13-12-16(28)30-19-17(13)18(29)25-20(26-19)31-27-15-7-5-14(6-8-15)22(2,23)24/h12,14H,3-11H2,1-2H3,(H,25,26,29). The fraction of sp³-hybridized carbons (Fsp3) is 0.636. The molecule has 2 saturated carbocycles. The Morgan fingerprint density at radius 2 is 2.03 bits per heavy atom. The summed E-state index contributed by atoms with van der Waals surface area (Å²) in [4.78, 5) is 36.5. The number of rotatable bonds is 7. The Hall–Kier alpha value is -2.58. The van der Waals surface area contributed by atoms with Crippen LogP contribution in [0.25, 0.3) is 11.1 Å². The Morgan fingerprint density at radius 3 is 2.68 bits per heavy atom. The fourth-order valence-corrected chi connectivity index (χ4v) is 4.20. The molecule has 0 saturated heterocycles. The smallest absolute Gasteiger partial charge is 0.337 e. The topological polar surface area (TPSA) is 97.5 Å². The molecule has 7 nitrogen and oxygen atoms in total. The maximum absolute atomic E-state index is 13.4. The van der Waals surface area contributed by atoms with Crippen LogP contribution in [0.5, 0.6) is 6.01 Å². The van der Waals surface area contributed by atoms with Gasteiger partial charge < -0.3 is 9.25 Å². The number of alkyl halides is 2. The highest BCUT2D eigenvalue weighted by molar-refractivity contribution is 5.84. The van der Waals surface area contributed by atoms with Gasteiger partial charge in [-0.2, -0.15) is 4.98 Å². The number of aromatic amines is 1. The third kappa shape index (κ3) is 5.19. The molecule has 0 bridgehead atoms. The fourth-order valence-electron chi connectivity index (χ4n) is 4.20. The van der Waals surface area contributed by atoms with Crippen molar-refractivity contribution in [3.8, 4) is 6.01 Å². The second-order valence-electron chi connectivity index (χ2n) is 9.29. The zero-order valence-corrected chi connectivity index (χ0v) is 17.8. The first kappa shape index (κ1) is 21.6. The van der Waals surface area contributed by atoms with Gasteiger partial charge in [-0.15, -0.1) is 0 Å². The average molecular weight is 435 g/mol. The van der Waals surface area contributed by atoms with Crippen molar-refractivity contribution in [2.75, 3.05) is 0 Å². The summed E-state index contributed by atoms with van der Waals surface area (Å²) in [6, 6.07) is 1.15. The number of hydrogen-bond acceptors (Lipinski definition) is 6. The van der Waals surface area contributed by atoms with E-state index in [9.17, 15) is 18.4 Å². The lowest BCUT2D eigenvalue weighted by molar-refractivity contribution is -0.0468. The summed E-state index contributed by atoms with van der Waals surface area (Å²) in [5.74, 6) is -3.37.